The smallest absolute Gasteiger partial charge is 0.233 e. The lowest BCUT2D eigenvalue weighted by atomic mass is 10.1. The van der Waals surface area contributed by atoms with Crippen LogP contribution in [-0.2, 0) is 11.3 Å². The Morgan fingerprint density at radius 3 is 2.61 bits per heavy atom. The summed E-state index contributed by atoms with van der Waals surface area (Å²) < 4.78 is 5.18. The van der Waals surface area contributed by atoms with Crippen molar-refractivity contribution >= 4 is 17.7 Å². The molecule has 0 saturated carbocycles. The molecule has 2 aromatic carbocycles. The van der Waals surface area contributed by atoms with E-state index < -0.39 is 0 Å². The fourth-order valence-corrected chi connectivity index (χ4v) is 4.33. The van der Waals surface area contributed by atoms with Gasteiger partial charge in [-0.15, -0.1) is 5.10 Å². The van der Waals surface area contributed by atoms with E-state index in [1.54, 1.807) is 7.11 Å². The average molecular weight is 438 g/mol. The number of nitrogens with zero attached hydrogens (tertiary/aromatic N) is 4. The maximum absolute atomic E-state index is 12.6. The van der Waals surface area contributed by atoms with Crippen LogP contribution in [0.4, 0.5) is 0 Å². The van der Waals surface area contributed by atoms with Crippen molar-refractivity contribution in [2.24, 2.45) is 0 Å². The van der Waals surface area contributed by atoms with Crippen molar-refractivity contribution in [2.45, 2.75) is 18.6 Å². The van der Waals surface area contributed by atoms with Crippen molar-refractivity contribution in [3.63, 3.8) is 0 Å². The van der Waals surface area contributed by atoms with E-state index in [4.69, 9.17) is 4.74 Å². The molecule has 1 amide bonds. The molecule has 31 heavy (non-hydrogen) atoms. The second-order valence-electron chi connectivity index (χ2n) is 7.63. The number of H-pyrrole nitrogens is 1. The molecule has 7 nitrogen and oxygen atoms in total. The van der Waals surface area contributed by atoms with E-state index >= 15 is 0 Å². The van der Waals surface area contributed by atoms with Gasteiger partial charge in [0.2, 0.25) is 11.1 Å². The Hall–Kier alpha value is -2.84. The lowest BCUT2D eigenvalue weighted by molar-refractivity contribution is -0.130. The van der Waals surface area contributed by atoms with E-state index in [1.165, 1.54) is 22.9 Å². The lowest BCUT2D eigenvalue weighted by Crippen LogP contribution is -2.48. The molecule has 4 rings (SSSR count). The van der Waals surface area contributed by atoms with Crippen molar-refractivity contribution in [1.82, 2.24) is 25.0 Å². The van der Waals surface area contributed by atoms with Gasteiger partial charge >= 0.3 is 0 Å². The molecular formula is C23H27N5O2S. The summed E-state index contributed by atoms with van der Waals surface area (Å²) in [4.78, 5) is 21.5. The molecular weight excluding hydrogens is 410 g/mol. The number of aryl methyl sites for hydroxylation is 1. The first-order valence-electron chi connectivity index (χ1n) is 10.4. The minimum atomic E-state index is 0.135. The summed E-state index contributed by atoms with van der Waals surface area (Å²) in [6.45, 7) is 6.36. The first-order valence-corrected chi connectivity index (χ1v) is 11.3. The zero-order chi connectivity index (χ0) is 21.6. The maximum Gasteiger partial charge on any atom is 0.233 e. The van der Waals surface area contributed by atoms with Crippen molar-refractivity contribution in [3.8, 4) is 17.1 Å². The molecule has 1 aliphatic rings. The Kier molecular flexibility index (Phi) is 6.89. The largest absolute Gasteiger partial charge is 0.497 e. The van der Waals surface area contributed by atoms with Crippen LogP contribution in [0.3, 0.4) is 0 Å². The van der Waals surface area contributed by atoms with Crippen LogP contribution in [0.5, 0.6) is 5.75 Å². The molecule has 162 valence electrons. The zero-order valence-electron chi connectivity index (χ0n) is 17.9. The summed E-state index contributed by atoms with van der Waals surface area (Å²) in [7, 11) is 1.64. The van der Waals surface area contributed by atoms with Crippen LogP contribution in [0.25, 0.3) is 11.4 Å². The minimum absolute atomic E-state index is 0.135. The number of aromatic nitrogens is 3. The van der Waals surface area contributed by atoms with Gasteiger partial charge in [-0.1, -0.05) is 41.6 Å². The number of methoxy groups -OCH3 is 1. The number of aromatic amines is 1. The fraction of sp³-hybridized carbons (Fsp3) is 0.348. The number of ether oxygens (including phenoxy) is 1. The standard InChI is InChI=1S/C23H27N5O2S/c1-17-4-3-5-18(14-17)15-27-10-12-28(13-11-27)21(29)16-31-23-24-22(25-26-23)19-6-8-20(30-2)9-7-19/h3-9,14H,10-13,15-16H2,1-2H3,(H,24,25,26). The number of hydrogen-bond donors (Lipinski definition) is 1. The van der Waals surface area contributed by atoms with Gasteiger partial charge in [-0.2, -0.15) is 0 Å². The summed E-state index contributed by atoms with van der Waals surface area (Å²) in [5.41, 5.74) is 3.54. The number of nitrogens with one attached hydrogen (secondary N) is 1. The third-order valence-electron chi connectivity index (χ3n) is 5.37. The molecule has 2 heterocycles. The van der Waals surface area contributed by atoms with Crippen LogP contribution in [0.15, 0.2) is 53.7 Å². The maximum atomic E-state index is 12.6. The van der Waals surface area contributed by atoms with E-state index in [0.29, 0.717) is 16.7 Å². The van der Waals surface area contributed by atoms with Crippen molar-refractivity contribution in [2.75, 3.05) is 39.0 Å². The number of thioether (sulfide) groups is 1. The average Bonchev–Trinajstić information content (AvgIpc) is 3.27. The van der Waals surface area contributed by atoms with Crippen LogP contribution in [0, 0.1) is 6.92 Å². The Morgan fingerprint density at radius 1 is 1.13 bits per heavy atom. The number of hydrogen-bond acceptors (Lipinski definition) is 6. The van der Waals surface area contributed by atoms with E-state index in [2.05, 4.69) is 51.3 Å². The second kappa shape index (κ2) is 9.98. The molecule has 1 aromatic heterocycles. The highest BCUT2D eigenvalue weighted by Crippen LogP contribution is 2.22. The predicted molar refractivity (Wildman–Crippen MR) is 122 cm³/mol. The van der Waals surface area contributed by atoms with Gasteiger partial charge in [0.25, 0.3) is 0 Å². The Labute approximate surface area is 186 Å². The minimum Gasteiger partial charge on any atom is -0.497 e. The van der Waals surface area contributed by atoms with Crippen LogP contribution >= 0.6 is 11.8 Å². The highest BCUT2D eigenvalue weighted by atomic mass is 32.2. The molecule has 0 unspecified atom stereocenters. The topological polar surface area (TPSA) is 74.3 Å². The van der Waals surface area contributed by atoms with Crippen molar-refractivity contribution in [3.05, 3.63) is 59.7 Å². The van der Waals surface area contributed by atoms with Gasteiger partial charge in [-0.05, 0) is 36.8 Å². The summed E-state index contributed by atoms with van der Waals surface area (Å²) >= 11 is 1.37. The Bertz CT molecular complexity index is 1010. The first-order chi connectivity index (χ1) is 15.1. The van der Waals surface area contributed by atoms with E-state index in [0.717, 1.165) is 44.0 Å². The summed E-state index contributed by atoms with van der Waals surface area (Å²) in [6, 6.07) is 16.2. The second-order valence-corrected chi connectivity index (χ2v) is 8.57. The zero-order valence-corrected chi connectivity index (χ0v) is 18.7. The van der Waals surface area contributed by atoms with Gasteiger partial charge in [0, 0.05) is 38.3 Å². The lowest BCUT2D eigenvalue weighted by Gasteiger charge is -2.34. The quantitative estimate of drug-likeness (QED) is 0.572. The van der Waals surface area contributed by atoms with E-state index in [9.17, 15) is 4.79 Å². The highest BCUT2D eigenvalue weighted by molar-refractivity contribution is 7.99. The van der Waals surface area contributed by atoms with Crippen LogP contribution in [0.1, 0.15) is 11.1 Å². The summed E-state index contributed by atoms with van der Waals surface area (Å²) in [5.74, 6) is 1.96. The molecule has 0 bridgehead atoms. The van der Waals surface area contributed by atoms with Crippen LogP contribution in [-0.4, -0.2) is 69.9 Å². The molecule has 1 aliphatic heterocycles. The number of rotatable bonds is 7. The van der Waals surface area contributed by atoms with Crippen LogP contribution in [0.2, 0.25) is 0 Å². The Morgan fingerprint density at radius 2 is 1.90 bits per heavy atom. The predicted octanol–water partition coefficient (Wildman–Crippen LogP) is 3.23. The third-order valence-corrected chi connectivity index (χ3v) is 6.20. The SMILES string of the molecule is COc1ccc(-c2nc(SCC(=O)N3CCN(Cc4cccc(C)c4)CC3)n[nH]2)cc1. The van der Waals surface area contributed by atoms with Gasteiger partial charge in [-0.25, -0.2) is 4.98 Å². The van der Waals surface area contributed by atoms with Crippen molar-refractivity contribution < 1.29 is 9.53 Å². The molecule has 8 heteroatoms. The highest BCUT2D eigenvalue weighted by Gasteiger charge is 2.21. The van der Waals surface area contributed by atoms with Crippen molar-refractivity contribution in [1.29, 1.82) is 0 Å². The molecule has 3 aromatic rings. The van der Waals surface area contributed by atoms with E-state index in [-0.39, 0.29) is 5.91 Å². The van der Waals surface area contributed by atoms with Gasteiger partial charge in [0.05, 0.1) is 12.9 Å². The molecule has 1 saturated heterocycles. The third kappa shape index (κ3) is 5.65. The molecule has 0 atom stereocenters. The number of benzene rings is 2. The number of carbonyl (C=O) groups excluding carboxylic acids is 1. The first kappa shape index (κ1) is 21.4. The fourth-order valence-electron chi connectivity index (χ4n) is 3.63. The van der Waals surface area contributed by atoms with Crippen LogP contribution < -0.4 is 4.74 Å². The number of carbonyl (C=O) groups is 1. The van der Waals surface area contributed by atoms with Gasteiger partial charge in [0.15, 0.2) is 5.82 Å². The normalized spacial score (nSPS) is 14.6. The number of amides is 1. The molecule has 0 aliphatic carbocycles. The van der Waals surface area contributed by atoms with Gasteiger partial charge < -0.3 is 9.64 Å². The molecule has 0 radical (unpaired) electrons. The monoisotopic (exact) mass is 437 g/mol. The Balaban J connectivity index is 1.24. The van der Waals surface area contributed by atoms with Gasteiger partial charge in [-0.3, -0.25) is 14.8 Å². The molecule has 0 spiro atoms. The molecule has 1 fully saturated rings. The molecule has 1 N–H and O–H groups in total. The van der Waals surface area contributed by atoms with E-state index in [1.807, 2.05) is 29.2 Å². The summed E-state index contributed by atoms with van der Waals surface area (Å²) in [5, 5.41) is 7.76. The summed E-state index contributed by atoms with van der Waals surface area (Å²) in [6.07, 6.45) is 0. The van der Waals surface area contributed by atoms with Gasteiger partial charge in [0.1, 0.15) is 5.75 Å². The number of piperazine rings is 1.